The maximum absolute atomic E-state index is 10.6. The van der Waals surface area contributed by atoms with Gasteiger partial charge in [-0.1, -0.05) is 0 Å². The minimum absolute atomic E-state index is 0.149. The summed E-state index contributed by atoms with van der Waals surface area (Å²) in [6.45, 7) is 4.58. The summed E-state index contributed by atoms with van der Waals surface area (Å²) < 4.78 is 3.25. The third kappa shape index (κ3) is 14.6. The van der Waals surface area contributed by atoms with Crippen LogP contribution in [0.2, 0.25) is 8.87 Å². The SMILES string of the molecule is CCC[CH2][Sn][CH2]CCC.O=C(NO)c1cccnc1.O=C(NO)c1cccnc1. The molecule has 2 amide bonds. The van der Waals surface area contributed by atoms with Gasteiger partial charge in [-0.15, -0.1) is 0 Å². The molecule has 2 radical (unpaired) electrons. The molecular formula is C20H30N4O4Sn. The molecule has 0 unspecified atom stereocenters. The fourth-order valence-electron chi connectivity index (χ4n) is 1.85. The van der Waals surface area contributed by atoms with Gasteiger partial charge in [0.05, 0.1) is 11.1 Å². The molecule has 0 bridgehead atoms. The first-order valence-corrected chi connectivity index (χ1v) is 13.5. The maximum atomic E-state index is 10.6. The van der Waals surface area contributed by atoms with Gasteiger partial charge in [-0.25, -0.2) is 11.0 Å². The number of unbranched alkanes of at least 4 members (excludes halogenated alkanes) is 2. The van der Waals surface area contributed by atoms with Crippen molar-refractivity contribution in [2.75, 3.05) is 0 Å². The predicted octanol–water partition coefficient (Wildman–Crippen LogP) is 3.53. The average molecular weight is 509 g/mol. The summed E-state index contributed by atoms with van der Waals surface area (Å²) in [5, 5.41) is 16.3. The maximum Gasteiger partial charge on any atom is 0.276 e. The summed E-state index contributed by atoms with van der Waals surface area (Å²) in [6, 6.07) is 6.34. The third-order valence-electron chi connectivity index (χ3n) is 3.46. The van der Waals surface area contributed by atoms with Crippen LogP contribution in [-0.4, -0.2) is 53.3 Å². The summed E-state index contributed by atoms with van der Waals surface area (Å²) in [7, 11) is 0. The number of amides is 2. The van der Waals surface area contributed by atoms with Gasteiger partial charge >= 0.3 is 69.5 Å². The number of hydrogen-bond donors (Lipinski definition) is 4. The molecule has 0 saturated carbocycles. The quantitative estimate of drug-likeness (QED) is 0.187. The largest absolute Gasteiger partial charge is 0.288 e. The van der Waals surface area contributed by atoms with E-state index in [0.717, 1.165) is 0 Å². The van der Waals surface area contributed by atoms with Crippen LogP contribution in [0.5, 0.6) is 0 Å². The smallest absolute Gasteiger partial charge is 0.276 e. The van der Waals surface area contributed by atoms with Gasteiger partial charge in [0.15, 0.2) is 0 Å². The molecule has 0 saturated heterocycles. The topological polar surface area (TPSA) is 124 Å². The van der Waals surface area contributed by atoms with Crippen molar-refractivity contribution in [2.24, 2.45) is 0 Å². The molecule has 2 heterocycles. The Hall–Kier alpha value is -2.04. The number of hydroxylamine groups is 2. The van der Waals surface area contributed by atoms with Crippen LogP contribution in [0.15, 0.2) is 49.1 Å². The molecule has 0 aliphatic carbocycles. The van der Waals surface area contributed by atoms with Gasteiger partial charge in [-0.05, 0) is 24.3 Å². The van der Waals surface area contributed by atoms with Crippen LogP contribution in [0, 0.1) is 0 Å². The molecular weight excluding hydrogens is 479 g/mol. The second-order valence-corrected chi connectivity index (χ2v) is 10.1. The first-order valence-electron chi connectivity index (χ1n) is 9.50. The summed E-state index contributed by atoms with van der Waals surface area (Å²) in [6.07, 6.45) is 11.7. The van der Waals surface area contributed by atoms with E-state index in [-0.39, 0.29) is 21.1 Å². The monoisotopic (exact) mass is 510 g/mol. The summed E-state index contributed by atoms with van der Waals surface area (Å²) >= 11 is 0.149. The molecule has 29 heavy (non-hydrogen) atoms. The van der Waals surface area contributed by atoms with Crippen molar-refractivity contribution in [1.82, 2.24) is 20.9 Å². The summed E-state index contributed by atoms with van der Waals surface area (Å²) in [5.41, 5.74) is 3.68. The number of aromatic nitrogens is 2. The molecule has 0 spiro atoms. The van der Waals surface area contributed by atoms with E-state index in [1.807, 2.05) is 0 Å². The van der Waals surface area contributed by atoms with E-state index < -0.39 is 11.8 Å². The number of nitrogens with one attached hydrogen (secondary N) is 2. The van der Waals surface area contributed by atoms with E-state index in [9.17, 15) is 9.59 Å². The van der Waals surface area contributed by atoms with Gasteiger partial charge in [0.25, 0.3) is 11.8 Å². The van der Waals surface area contributed by atoms with Crippen molar-refractivity contribution in [3.8, 4) is 0 Å². The Morgan fingerprint density at radius 1 is 0.862 bits per heavy atom. The Bertz CT molecular complexity index is 603. The molecule has 4 N–H and O–H groups in total. The Labute approximate surface area is 182 Å². The number of nitrogens with zero attached hydrogens (tertiary/aromatic N) is 2. The molecule has 158 valence electrons. The summed E-state index contributed by atoms with van der Waals surface area (Å²) in [4.78, 5) is 28.6. The second kappa shape index (κ2) is 19.3. The van der Waals surface area contributed by atoms with E-state index in [0.29, 0.717) is 11.1 Å². The molecule has 2 rings (SSSR count). The normalized spacial score (nSPS) is 9.24. The van der Waals surface area contributed by atoms with E-state index in [2.05, 4.69) is 23.8 Å². The van der Waals surface area contributed by atoms with Crippen molar-refractivity contribution in [1.29, 1.82) is 0 Å². The van der Waals surface area contributed by atoms with Crippen LogP contribution in [0.1, 0.15) is 60.2 Å². The zero-order valence-electron chi connectivity index (χ0n) is 17.0. The van der Waals surface area contributed by atoms with Gasteiger partial charge in [0.2, 0.25) is 0 Å². The van der Waals surface area contributed by atoms with Crippen molar-refractivity contribution in [3.05, 3.63) is 60.2 Å². The Balaban J connectivity index is 0.000000407. The van der Waals surface area contributed by atoms with Gasteiger partial charge < -0.3 is 0 Å². The van der Waals surface area contributed by atoms with Gasteiger partial charge in [-0.3, -0.25) is 30.0 Å². The molecule has 2 aromatic heterocycles. The van der Waals surface area contributed by atoms with Crippen molar-refractivity contribution < 1.29 is 20.0 Å². The first kappa shape index (κ1) is 27.0. The first-order chi connectivity index (χ1) is 14.1. The number of hydrogen-bond acceptors (Lipinski definition) is 6. The molecule has 0 fully saturated rings. The third-order valence-corrected chi connectivity index (χ3v) is 7.50. The van der Waals surface area contributed by atoms with Gasteiger partial charge in [0, 0.05) is 24.8 Å². The standard InChI is InChI=1S/2C6H6N2O2.2C4H9.Sn/c2*9-6(8-10)5-2-1-3-7-4-5;2*1-3-4-2;/h2*1-4,10H,(H,8,9);2*1,3-4H2,2H3;. The molecule has 8 nitrogen and oxygen atoms in total. The number of carbonyl (C=O) groups is 2. The van der Waals surface area contributed by atoms with Crippen LogP contribution in [0.25, 0.3) is 0 Å². The van der Waals surface area contributed by atoms with E-state index in [4.69, 9.17) is 10.4 Å². The minimum atomic E-state index is -0.548. The molecule has 0 aliphatic heterocycles. The Kier molecular flexibility index (Phi) is 17.9. The van der Waals surface area contributed by atoms with Crippen molar-refractivity contribution in [3.63, 3.8) is 0 Å². The van der Waals surface area contributed by atoms with Gasteiger partial charge in [-0.2, -0.15) is 0 Å². The number of carbonyl (C=O) groups excluding carboxylic acids is 2. The number of pyridine rings is 2. The molecule has 0 aliphatic rings. The van der Waals surface area contributed by atoms with E-state index in [1.165, 1.54) is 49.0 Å². The zero-order chi connectivity index (χ0) is 21.7. The molecule has 0 aromatic carbocycles. The van der Waals surface area contributed by atoms with E-state index >= 15 is 0 Å². The number of rotatable bonds is 8. The van der Waals surface area contributed by atoms with Gasteiger partial charge in [0.1, 0.15) is 0 Å². The van der Waals surface area contributed by atoms with E-state index in [1.54, 1.807) is 45.5 Å². The Morgan fingerprint density at radius 2 is 1.28 bits per heavy atom. The second-order valence-electron chi connectivity index (χ2n) is 5.82. The molecule has 0 atom stereocenters. The average Bonchev–Trinajstić information content (AvgIpc) is 2.80. The van der Waals surface area contributed by atoms with Crippen LogP contribution in [0.4, 0.5) is 0 Å². The van der Waals surface area contributed by atoms with Crippen molar-refractivity contribution >= 4 is 33.0 Å². The zero-order valence-corrected chi connectivity index (χ0v) is 19.8. The molecule has 9 heteroatoms. The Morgan fingerprint density at radius 3 is 1.55 bits per heavy atom. The predicted molar refractivity (Wildman–Crippen MR) is 112 cm³/mol. The summed E-state index contributed by atoms with van der Waals surface area (Å²) in [5.74, 6) is -1.10. The minimum Gasteiger partial charge on any atom is -0.288 e. The van der Waals surface area contributed by atoms with Crippen molar-refractivity contribution in [2.45, 2.75) is 48.4 Å². The fourth-order valence-corrected chi connectivity index (χ4v) is 6.01. The van der Waals surface area contributed by atoms with Crippen LogP contribution in [-0.2, 0) is 0 Å². The van der Waals surface area contributed by atoms with Crippen LogP contribution in [0.3, 0.4) is 0 Å². The van der Waals surface area contributed by atoms with Crippen LogP contribution >= 0.6 is 0 Å². The fraction of sp³-hybridized carbons (Fsp3) is 0.400. The van der Waals surface area contributed by atoms with Crippen LogP contribution < -0.4 is 11.0 Å². The molecule has 2 aromatic rings.